The van der Waals surface area contributed by atoms with E-state index in [1.54, 1.807) is 0 Å². The third kappa shape index (κ3) is 56.6. The van der Waals surface area contributed by atoms with Crippen LogP contribution in [0.1, 0.15) is 252 Å². The number of ether oxygens (including phenoxy) is 3. The van der Waals surface area contributed by atoms with Crippen molar-refractivity contribution in [3.8, 4) is 0 Å². The zero-order valence-corrected chi connectivity index (χ0v) is 45.9. The zero-order valence-electron chi connectivity index (χ0n) is 45.9. The van der Waals surface area contributed by atoms with Crippen molar-refractivity contribution in [1.29, 1.82) is 0 Å². The van der Waals surface area contributed by atoms with Crippen molar-refractivity contribution in [3.05, 3.63) is 122 Å². The summed E-state index contributed by atoms with van der Waals surface area (Å²) in [6.07, 6.45) is 80.8. The molecule has 6 heteroatoms. The molecule has 1 atom stereocenters. The number of hydrogen-bond acceptors (Lipinski definition) is 6. The van der Waals surface area contributed by atoms with Gasteiger partial charge in [-0.2, -0.15) is 0 Å². The maximum Gasteiger partial charge on any atom is 0.306 e. The Morgan fingerprint density at radius 1 is 0.296 bits per heavy atom. The van der Waals surface area contributed by atoms with Crippen LogP contribution >= 0.6 is 0 Å². The Labute approximate surface area is 437 Å². The molecule has 0 heterocycles. The molecule has 0 rings (SSSR count). The second-order valence-electron chi connectivity index (χ2n) is 18.8. The Balaban J connectivity index is 4.12. The Bertz CT molecular complexity index is 1500. The highest BCUT2D eigenvalue weighted by atomic mass is 16.6. The molecule has 0 N–H and O–H groups in total. The fraction of sp³-hybridized carbons (Fsp3) is 0.646. The van der Waals surface area contributed by atoms with Crippen molar-refractivity contribution < 1.29 is 28.6 Å². The van der Waals surface area contributed by atoms with Crippen LogP contribution in [-0.4, -0.2) is 37.2 Å². The minimum atomic E-state index is -0.787. The van der Waals surface area contributed by atoms with Crippen molar-refractivity contribution in [2.24, 2.45) is 0 Å². The monoisotopic (exact) mass is 983 g/mol. The van der Waals surface area contributed by atoms with E-state index in [4.69, 9.17) is 14.2 Å². The van der Waals surface area contributed by atoms with Crippen molar-refractivity contribution >= 4 is 17.9 Å². The zero-order chi connectivity index (χ0) is 51.4. The van der Waals surface area contributed by atoms with Gasteiger partial charge in [-0.1, -0.05) is 245 Å². The van der Waals surface area contributed by atoms with E-state index < -0.39 is 6.10 Å². The molecule has 0 aliphatic carbocycles. The number of carbonyl (C=O) groups excluding carboxylic acids is 3. The van der Waals surface area contributed by atoms with Gasteiger partial charge in [0.1, 0.15) is 13.2 Å². The maximum atomic E-state index is 12.8. The summed E-state index contributed by atoms with van der Waals surface area (Å²) in [6.45, 7) is 6.39. The van der Waals surface area contributed by atoms with Gasteiger partial charge in [0.2, 0.25) is 0 Å². The van der Waals surface area contributed by atoms with Crippen LogP contribution in [0.25, 0.3) is 0 Å². The Kier molecular flexibility index (Phi) is 54.9. The van der Waals surface area contributed by atoms with Crippen LogP contribution in [0, 0.1) is 0 Å². The maximum absolute atomic E-state index is 12.8. The van der Waals surface area contributed by atoms with Crippen molar-refractivity contribution in [3.63, 3.8) is 0 Å². The van der Waals surface area contributed by atoms with Gasteiger partial charge in [0.05, 0.1) is 0 Å². The molecule has 0 amide bonds. The lowest BCUT2D eigenvalue weighted by Crippen LogP contribution is -2.30. The SMILES string of the molecule is CC/C=C\C/C=C\C/C=C\C/C=C\C/C=C\C/C=C\C/C=C\C/C=C\CCCCCCCCCCC(=O)OCC(COC(=O)CCCCCCCC)OC(=O)CCCCCCC/C=C\C/C=C\CCCC. The van der Waals surface area contributed by atoms with Gasteiger partial charge in [-0.15, -0.1) is 0 Å². The number of esters is 3. The van der Waals surface area contributed by atoms with Gasteiger partial charge in [-0.05, 0) is 109 Å². The number of hydrogen-bond donors (Lipinski definition) is 0. The number of allylic oxidation sites excluding steroid dienone is 20. The fourth-order valence-electron chi connectivity index (χ4n) is 7.59. The lowest BCUT2D eigenvalue weighted by atomic mass is 10.1. The van der Waals surface area contributed by atoms with E-state index in [0.717, 1.165) is 141 Å². The van der Waals surface area contributed by atoms with Crippen LogP contribution in [0.3, 0.4) is 0 Å². The van der Waals surface area contributed by atoms with Crippen molar-refractivity contribution in [2.45, 2.75) is 258 Å². The second kappa shape index (κ2) is 58.4. The van der Waals surface area contributed by atoms with Crippen LogP contribution in [0.4, 0.5) is 0 Å². The highest BCUT2D eigenvalue weighted by Crippen LogP contribution is 2.14. The minimum Gasteiger partial charge on any atom is -0.462 e. The van der Waals surface area contributed by atoms with Crippen molar-refractivity contribution in [2.75, 3.05) is 13.2 Å². The van der Waals surface area contributed by atoms with Crippen LogP contribution in [0.15, 0.2) is 122 Å². The molecule has 0 saturated carbocycles. The summed E-state index contributed by atoms with van der Waals surface area (Å²) in [4.78, 5) is 37.8. The predicted molar refractivity (Wildman–Crippen MR) is 306 cm³/mol. The second-order valence-corrected chi connectivity index (χ2v) is 18.8. The van der Waals surface area contributed by atoms with Gasteiger partial charge in [0.25, 0.3) is 0 Å². The average Bonchev–Trinajstić information content (AvgIpc) is 3.37. The number of unbranched alkanes of at least 4 members (excludes halogenated alkanes) is 20. The quantitative estimate of drug-likeness (QED) is 0.0261. The van der Waals surface area contributed by atoms with Gasteiger partial charge in [-0.3, -0.25) is 14.4 Å². The molecule has 0 aromatic carbocycles. The molecule has 0 aliphatic rings. The van der Waals surface area contributed by atoms with E-state index in [1.807, 2.05) is 0 Å². The molecule has 0 saturated heterocycles. The van der Waals surface area contributed by atoms with Gasteiger partial charge in [-0.25, -0.2) is 0 Å². The topological polar surface area (TPSA) is 78.9 Å². The van der Waals surface area contributed by atoms with E-state index in [9.17, 15) is 14.4 Å². The molecule has 402 valence electrons. The van der Waals surface area contributed by atoms with E-state index in [0.29, 0.717) is 19.3 Å². The summed E-state index contributed by atoms with van der Waals surface area (Å²) in [6, 6.07) is 0. The molecule has 1 unspecified atom stereocenters. The Morgan fingerprint density at radius 2 is 0.563 bits per heavy atom. The summed E-state index contributed by atoms with van der Waals surface area (Å²) < 4.78 is 16.7. The molecule has 0 aliphatic heterocycles. The smallest absolute Gasteiger partial charge is 0.306 e. The lowest BCUT2D eigenvalue weighted by Gasteiger charge is -2.18. The summed E-state index contributed by atoms with van der Waals surface area (Å²) in [5.41, 5.74) is 0. The number of rotatable bonds is 51. The van der Waals surface area contributed by atoms with Crippen LogP contribution in [0.2, 0.25) is 0 Å². The predicted octanol–water partition coefficient (Wildman–Crippen LogP) is 19.6. The molecular weight excluding hydrogens is 877 g/mol. The molecule has 6 nitrogen and oxygen atoms in total. The minimum absolute atomic E-state index is 0.0876. The van der Waals surface area contributed by atoms with Gasteiger partial charge in [0, 0.05) is 19.3 Å². The highest BCUT2D eigenvalue weighted by Gasteiger charge is 2.19. The van der Waals surface area contributed by atoms with Gasteiger partial charge >= 0.3 is 17.9 Å². The molecule has 0 aromatic heterocycles. The van der Waals surface area contributed by atoms with Gasteiger partial charge < -0.3 is 14.2 Å². The molecule has 0 aromatic rings. The van der Waals surface area contributed by atoms with Crippen LogP contribution in [0.5, 0.6) is 0 Å². The van der Waals surface area contributed by atoms with Crippen LogP contribution in [-0.2, 0) is 28.6 Å². The first-order chi connectivity index (χ1) is 35.0. The fourth-order valence-corrected chi connectivity index (χ4v) is 7.59. The molecular formula is C65H106O6. The first kappa shape index (κ1) is 66.8. The van der Waals surface area contributed by atoms with E-state index in [2.05, 4.69) is 142 Å². The lowest BCUT2D eigenvalue weighted by molar-refractivity contribution is -0.167. The molecule has 0 radical (unpaired) electrons. The summed E-state index contributed by atoms with van der Waals surface area (Å²) in [5, 5.41) is 0. The highest BCUT2D eigenvalue weighted by molar-refractivity contribution is 5.71. The molecule has 0 bridgehead atoms. The third-order valence-corrected chi connectivity index (χ3v) is 12.0. The summed E-state index contributed by atoms with van der Waals surface area (Å²) in [5.74, 6) is -0.924. The first-order valence-corrected chi connectivity index (χ1v) is 29.0. The Morgan fingerprint density at radius 3 is 0.901 bits per heavy atom. The largest absolute Gasteiger partial charge is 0.462 e. The molecule has 0 spiro atoms. The standard InChI is InChI=1S/C65H106O6/c1-4-7-10-13-16-18-20-22-24-25-26-27-28-29-30-31-32-33-34-35-36-37-38-39-40-41-42-44-45-47-49-52-55-58-64(67)70-61-62(60-69-63(66)57-54-51-15-12-9-6-3)71-65(68)59-56-53-50-48-46-43-23-21-19-17-14-11-8-5-2/h7,10,14,16-18,21-24,26-27,29-30,32-33,35-36,38-39,62H,4-6,8-9,11-13,15,19-20,25,28,31,34,37,40-61H2,1-3H3/b10-7-,17-14-,18-16-,23-21-,24-22-,27-26-,30-29-,33-32-,36-35-,39-38-. The Hall–Kier alpha value is -4.19. The average molecular weight is 984 g/mol. The van der Waals surface area contributed by atoms with E-state index in [-0.39, 0.29) is 31.1 Å². The number of carbonyl (C=O) groups is 3. The van der Waals surface area contributed by atoms with Crippen molar-refractivity contribution in [1.82, 2.24) is 0 Å². The van der Waals surface area contributed by atoms with E-state index in [1.165, 1.54) is 70.6 Å². The first-order valence-electron chi connectivity index (χ1n) is 29.0. The molecule has 71 heavy (non-hydrogen) atoms. The third-order valence-electron chi connectivity index (χ3n) is 12.0. The van der Waals surface area contributed by atoms with Crippen LogP contribution < -0.4 is 0 Å². The summed E-state index contributed by atoms with van der Waals surface area (Å²) >= 11 is 0. The normalized spacial score (nSPS) is 13.0. The molecule has 0 fully saturated rings. The van der Waals surface area contributed by atoms with Gasteiger partial charge in [0.15, 0.2) is 6.10 Å². The van der Waals surface area contributed by atoms with E-state index >= 15 is 0 Å². The summed E-state index contributed by atoms with van der Waals surface area (Å²) in [7, 11) is 0.